The fourth-order valence-corrected chi connectivity index (χ4v) is 5.26. The van der Waals surface area contributed by atoms with Crippen LogP contribution in [-0.4, -0.2) is 52.2 Å². The molecule has 1 aliphatic heterocycles. The van der Waals surface area contributed by atoms with Crippen molar-refractivity contribution in [2.45, 2.75) is 45.4 Å². The highest BCUT2D eigenvalue weighted by Gasteiger charge is 2.22. The monoisotopic (exact) mass is 445 g/mol. The molecule has 0 saturated carbocycles. The Balaban J connectivity index is 1.10. The highest BCUT2D eigenvalue weighted by molar-refractivity contribution is 5.80. The van der Waals surface area contributed by atoms with Gasteiger partial charge in [0.05, 0.1) is 11.2 Å². The van der Waals surface area contributed by atoms with Gasteiger partial charge in [-0.15, -0.1) is 0 Å². The number of aryl methyl sites for hydroxylation is 2. The molecule has 1 unspecified atom stereocenters. The average Bonchev–Trinajstić information content (AvgIpc) is 2.85. The van der Waals surface area contributed by atoms with E-state index in [1.165, 1.54) is 5.39 Å². The summed E-state index contributed by atoms with van der Waals surface area (Å²) in [4.78, 5) is 27.5. The first-order valence-corrected chi connectivity index (χ1v) is 12.5. The normalized spacial score (nSPS) is 19.1. The van der Waals surface area contributed by atoms with E-state index in [2.05, 4.69) is 53.1 Å². The number of anilines is 1. The van der Waals surface area contributed by atoms with Crippen molar-refractivity contribution in [1.29, 1.82) is 0 Å². The Morgan fingerprint density at radius 1 is 1.00 bits per heavy atom. The molecule has 1 atom stereocenters. The lowest BCUT2D eigenvalue weighted by Gasteiger charge is -2.35. The van der Waals surface area contributed by atoms with Crippen LogP contribution in [0.15, 0.2) is 41.2 Å². The summed E-state index contributed by atoms with van der Waals surface area (Å²) in [6, 6.07) is 12.6. The van der Waals surface area contributed by atoms with Crippen LogP contribution in [0.25, 0.3) is 10.9 Å². The second-order valence-electron chi connectivity index (χ2n) is 9.81. The molecule has 0 N–H and O–H groups in total. The fourth-order valence-electron chi connectivity index (χ4n) is 5.26. The number of hydrogen-bond donors (Lipinski definition) is 0. The topological polar surface area (TPSA) is 54.3 Å². The molecule has 1 aromatic carbocycles. The van der Waals surface area contributed by atoms with Crippen molar-refractivity contribution in [1.82, 2.24) is 19.4 Å². The molecule has 0 spiro atoms. The van der Waals surface area contributed by atoms with Crippen LogP contribution >= 0.6 is 0 Å². The molecule has 1 fully saturated rings. The zero-order chi connectivity index (χ0) is 22.8. The molecule has 0 amide bonds. The summed E-state index contributed by atoms with van der Waals surface area (Å²) in [6.07, 6.45) is 6.08. The highest BCUT2D eigenvalue weighted by Crippen LogP contribution is 2.22. The van der Waals surface area contributed by atoms with Crippen molar-refractivity contribution >= 4 is 16.7 Å². The van der Waals surface area contributed by atoms with Crippen molar-refractivity contribution in [2.75, 3.05) is 37.6 Å². The summed E-state index contributed by atoms with van der Waals surface area (Å²) >= 11 is 0. The van der Waals surface area contributed by atoms with Gasteiger partial charge in [0.15, 0.2) is 0 Å². The zero-order valence-corrected chi connectivity index (χ0v) is 20.0. The maximum Gasteiger partial charge on any atom is 0.256 e. The number of nitrogens with zero attached hydrogens (tertiary/aromatic N) is 5. The maximum absolute atomic E-state index is 12.8. The minimum Gasteiger partial charge on any atom is -0.354 e. The molecule has 6 nitrogen and oxygen atoms in total. The SMILES string of the molecule is CC1CCc2nc(CCCCN3CCN(c4ccc5ccccc5n4)CC3)n(C)c(=O)c2C1. The molecular formula is C27H35N5O. The first-order valence-electron chi connectivity index (χ1n) is 12.5. The van der Waals surface area contributed by atoms with Crippen molar-refractivity contribution < 1.29 is 0 Å². The van der Waals surface area contributed by atoms with Crippen molar-refractivity contribution in [2.24, 2.45) is 13.0 Å². The van der Waals surface area contributed by atoms with Crippen LogP contribution in [0.4, 0.5) is 5.82 Å². The molecule has 0 radical (unpaired) electrons. The number of benzene rings is 1. The molecule has 0 bridgehead atoms. The number of aromatic nitrogens is 3. The number of piperazine rings is 1. The molecule has 174 valence electrons. The molecule has 1 aliphatic carbocycles. The number of pyridine rings is 1. The Morgan fingerprint density at radius 3 is 2.67 bits per heavy atom. The van der Waals surface area contributed by atoms with Crippen LogP contribution in [-0.2, 0) is 26.3 Å². The summed E-state index contributed by atoms with van der Waals surface area (Å²) in [5, 5.41) is 1.19. The number of rotatable bonds is 6. The van der Waals surface area contributed by atoms with E-state index in [0.717, 1.165) is 99.7 Å². The lowest BCUT2D eigenvalue weighted by atomic mass is 9.88. The second kappa shape index (κ2) is 9.64. The van der Waals surface area contributed by atoms with E-state index in [1.807, 2.05) is 7.05 Å². The number of para-hydroxylation sites is 1. The summed E-state index contributed by atoms with van der Waals surface area (Å²) < 4.78 is 1.80. The van der Waals surface area contributed by atoms with Gasteiger partial charge in [0.1, 0.15) is 11.6 Å². The molecule has 1 saturated heterocycles. The second-order valence-corrected chi connectivity index (χ2v) is 9.81. The van der Waals surface area contributed by atoms with E-state index in [0.29, 0.717) is 5.92 Å². The third kappa shape index (κ3) is 4.81. The Hall–Kier alpha value is -2.73. The highest BCUT2D eigenvalue weighted by atomic mass is 16.1. The van der Waals surface area contributed by atoms with Gasteiger partial charge in [-0.3, -0.25) is 14.3 Å². The summed E-state index contributed by atoms with van der Waals surface area (Å²) in [5.41, 5.74) is 3.26. The molecule has 33 heavy (non-hydrogen) atoms. The van der Waals surface area contributed by atoms with E-state index >= 15 is 0 Å². The van der Waals surface area contributed by atoms with Gasteiger partial charge in [0.25, 0.3) is 5.56 Å². The Labute approximate surface area is 196 Å². The van der Waals surface area contributed by atoms with Crippen molar-refractivity contribution in [3.05, 3.63) is 63.8 Å². The largest absolute Gasteiger partial charge is 0.354 e. The van der Waals surface area contributed by atoms with E-state index in [-0.39, 0.29) is 5.56 Å². The first kappa shape index (κ1) is 22.1. The Morgan fingerprint density at radius 2 is 1.82 bits per heavy atom. The summed E-state index contributed by atoms with van der Waals surface area (Å²) in [7, 11) is 1.89. The van der Waals surface area contributed by atoms with Crippen LogP contribution in [0.2, 0.25) is 0 Å². The predicted molar refractivity (Wildman–Crippen MR) is 134 cm³/mol. The summed E-state index contributed by atoms with van der Waals surface area (Å²) in [6.45, 7) is 7.52. The van der Waals surface area contributed by atoms with E-state index in [4.69, 9.17) is 9.97 Å². The first-order chi connectivity index (χ1) is 16.1. The van der Waals surface area contributed by atoms with Crippen molar-refractivity contribution in [3.8, 4) is 0 Å². The van der Waals surface area contributed by atoms with Gasteiger partial charge in [0.2, 0.25) is 0 Å². The van der Waals surface area contributed by atoms with E-state index in [1.54, 1.807) is 4.57 Å². The van der Waals surface area contributed by atoms with E-state index < -0.39 is 0 Å². The lowest BCUT2D eigenvalue weighted by molar-refractivity contribution is 0.252. The predicted octanol–water partition coefficient (Wildman–Crippen LogP) is 3.60. The van der Waals surface area contributed by atoms with Crippen LogP contribution < -0.4 is 10.5 Å². The van der Waals surface area contributed by atoms with Gasteiger partial charge in [-0.25, -0.2) is 9.97 Å². The maximum atomic E-state index is 12.8. The van der Waals surface area contributed by atoms with E-state index in [9.17, 15) is 4.79 Å². The van der Waals surface area contributed by atoms with Gasteiger partial charge in [0, 0.05) is 50.6 Å². The fraction of sp³-hybridized carbons (Fsp3) is 0.519. The molecule has 6 heteroatoms. The smallest absolute Gasteiger partial charge is 0.256 e. The van der Waals surface area contributed by atoms with Gasteiger partial charge in [-0.05, 0) is 62.8 Å². The minimum absolute atomic E-state index is 0.181. The third-order valence-corrected chi connectivity index (χ3v) is 7.39. The molecular weight excluding hydrogens is 410 g/mol. The average molecular weight is 446 g/mol. The van der Waals surface area contributed by atoms with Crippen LogP contribution in [0, 0.1) is 5.92 Å². The zero-order valence-electron chi connectivity index (χ0n) is 20.0. The molecule has 5 rings (SSSR count). The van der Waals surface area contributed by atoms with Crippen molar-refractivity contribution in [3.63, 3.8) is 0 Å². The number of fused-ring (bicyclic) bond motifs is 2. The van der Waals surface area contributed by atoms with Crippen LogP contribution in [0.1, 0.15) is 43.3 Å². The quantitative estimate of drug-likeness (QED) is 0.543. The third-order valence-electron chi connectivity index (χ3n) is 7.39. The summed E-state index contributed by atoms with van der Waals surface area (Å²) in [5.74, 6) is 2.64. The van der Waals surface area contributed by atoms with Gasteiger partial charge >= 0.3 is 0 Å². The molecule has 3 heterocycles. The van der Waals surface area contributed by atoms with Gasteiger partial charge in [-0.2, -0.15) is 0 Å². The lowest BCUT2D eigenvalue weighted by Crippen LogP contribution is -2.46. The standard InChI is InChI=1S/C27H35N5O/c1-20-10-12-24-22(19-20)27(33)30(2)25(29-24)9-5-6-14-31-15-17-32(18-16-31)26-13-11-21-7-3-4-8-23(21)28-26/h3-4,7-8,11,13,20H,5-6,9-10,12,14-19H2,1-2H3. The van der Waals surface area contributed by atoms with Crippen LogP contribution in [0.3, 0.4) is 0 Å². The molecule has 2 aromatic heterocycles. The Kier molecular flexibility index (Phi) is 6.45. The van der Waals surface area contributed by atoms with Crippen LogP contribution in [0.5, 0.6) is 0 Å². The Bertz CT molecular complexity index is 1180. The number of unbranched alkanes of at least 4 members (excludes halogenated alkanes) is 1. The van der Waals surface area contributed by atoms with Gasteiger partial charge in [-0.1, -0.05) is 25.1 Å². The number of hydrogen-bond acceptors (Lipinski definition) is 5. The minimum atomic E-state index is 0.181. The molecule has 2 aliphatic rings. The van der Waals surface area contributed by atoms with Gasteiger partial charge < -0.3 is 4.90 Å². The molecule has 3 aromatic rings.